The molecule has 3 aliphatic rings. The first kappa shape index (κ1) is 62.5. The fourth-order valence-corrected chi connectivity index (χ4v) is 12.1. The summed E-state index contributed by atoms with van der Waals surface area (Å²) in [5.74, 6) is -11.5. The van der Waals surface area contributed by atoms with Crippen LogP contribution in [-0.4, -0.2) is 119 Å². The number of aliphatic hydroxyl groups excluding tert-OH is 3. The largest absolute Gasteiger partial charge is 0.507 e. The van der Waals surface area contributed by atoms with Crippen LogP contribution in [0.1, 0.15) is 72.7 Å². The van der Waals surface area contributed by atoms with Crippen molar-refractivity contribution in [2.24, 2.45) is 23.7 Å². The van der Waals surface area contributed by atoms with Crippen LogP contribution in [0.4, 0.5) is 31.5 Å². The molecule has 6 aromatic carbocycles. The average molecular weight is 1270 g/mol. The number of rotatable bonds is 10. The first-order valence-electron chi connectivity index (χ1n) is 30.9. The summed E-state index contributed by atoms with van der Waals surface area (Å²) < 4.78 is 78.9. The van der Waals surface area contributed by atoms with Gasteiger partial charge in [-0.3, -0.25) is 28.8 Å². The number of allylic oxidation sites excluding steroid dienone is 2. The number of hydrogen-bond donors (Lipinski definition) is 7. The third kappa shape index (κ3) is 12.8. The summed E-state index contributed by atoms with van der Waals surface area (Å²) in [4.78, 5) is 92.9. The standard InChI is InChI=1S/C69H72F2N6O15/c1-34-16-15-17-35(2)66(85)75-57-61(83)53-52(54-63(39(6)60(53)82)92-69(8,65(54)84)89-29-24-50(88-9)36(3)62(90-40(7)78)38(5)59(81)37(4)58(34)80)56-64(57)91-51-33-43(32-49(79)55(51)74-56)76-25-27-77(28-26-76)48-23-22-42(70)31-46(48)72-68(87)47(30-41-18-11-10-12-19-41)73-67(86)44-20-13-14-21-45(44)71/h10-24,29,31-34,36-38,47,50,58-59,62,80-82,84H,25-28,30H2,1-9H3,(H,72,87)(H,73,86)(H,75,85)/b16-15?,29-24+,35-17?/t34-,36+,37+,38+,47+,50-,58-,59+,62+,69-/m0/s1/i30D2. The fraction of sp³-hybridized carbons (Fsp3) is 0.348. The Hall–Kier alpha value is -9.71. The number of phenolic OH excluding ortho intramolecular Hbond substituents is 1. The lowest BCUT2D eigenvalue weighted by Crippen LogP contribution is -2.47. The highest BCUT2D eigenvalue weighted by molar-refractivity contribution is 6.17. The zero-order valence-corrected chi connectivity index (χ0v) is 51.9. The van der Waals surface area contributed by atoms with Crippen molar-refractivity contribution in [3.63, 3.8) is 0 Å². The molecule has 7 aromatic rings. The summed E-state index contributed by atoms with van der Waals surface area (Å²) in [7, 11) is 1.41. The van der Waals surface area contributed by atoms with Gasteiger partial charge in [0.25, 0.3) is 11.8 Å². The third-order valence-electron chi connectivity index (χ3n) is 17.4. The number of phenols is 1. The van der Waals surface area contributed by atoms with Crippen LogP contribution in [0.2, 0.25) is 0 Å². The van der Waals surface area contributed by atoms with Crippen molar-refractivity contribution in [2.45, 2.75) is 98.0 Å². The summed E-state index contributed by atoms with van der Waals surface area (Å²) >= 11 is 0. The predicted octanol–water partition coefficient (Wildman–Crippen LogP) is 8.14. The number of amides is 3. The van der Waals surface area contributed by atoms with Crippen LogP contribution in [0.5, 0.6) is 11.5 Å². The highest BCUT2D eigenvalue weighted by Gasteiger charge is 2.44. The number of nitrogens with one attached hydrogen (secondary N) is 3. The molecule has 4 heterocycles. The number of carbonyl (C=O) groups excluding carboxylic acids is 4. The van der Waals surface area contributed by atoms with E-state index in [1.807, 2.05) is 9.80 Å². The number of ether oxygens (including phenoxy) is 4. The van der Waals surface area contributed by atoms with Crippen LogP contribution >= 0.6 is 0 Å². The van der Waals surface area contributed by atoms with Gasteiger partial charge in [-0.2, -0.15) is 0 Å². The highest BCUT2D eigenvalue weighted by atomic mass is 19.1. The molecule has 0 saturated carbocycles. The molecule has 3 amide bonds. The Bertz CT molecular complexity index is 4450. The minimum atomic E-state index is -2.58. The van der Waals surface area contributed by atoms with E-state index in [9.17, 15) is 48.8 Å². The maximum Gasteiger partial charge on any atom is 0.307 e. The van der Waals surface area contributed by atoms with Crippen molar-refractivity contribution in [1.29, 1.82) is 0 Å². The molecule has 21 nitrogen and oxygen atoms in total. The molecule has 1 aromatic heterocycles. The summed E-state index contributed by atoms with van der Waals surface area (Å²) in [5, 5.41) is 54.5. The number of anilines is 4. The van der Waals surface area contributed by atoms with E-state index < -0.39 is 141 Å². The number of benzene rings is 6. The Balaban J connectivity index is 1.03. The maximum absolute atomic E-state index is 15.2. The SMILES string of the molecule is [2H]C([2H])(c1ccccc1)[C@@H](NC(=O)c1ccccc1F)C(=O)Nc1cc(F)ccc1N1CCN(c2cc(=O)c3nc4c(oc3c2)c2c(=O)c3c(O)c(C)c5c(c34)=C(O)[C@@](C)(O/C=C/[C@H](OC)[C@@H](C)[C@@H](OC(C)=O)[C@H](C)[C@H](O)[C@H](C)[C@@H](O)[C@@H](C)C=CC=C(C)C(=O)N2)O5)CC1. The summed E-state index contributed by atoms with van der Waals surface area (Å²) in [6, 6.07) is 17.1. The lowest BCUT2D eigenvalue weighted by Gasteiger charge is -2.38. The van der Waals surface area contributed by atoms with Crippen LogP contribution in [0, 0.1) is 42.2 Å². The first-order valence-corrected chi connectivity index (χ1v) is 29.9. The van der Waals surface area contributed by atoms with Crippen LogP contribution in [0.25, 0.3) is 38.7 Å². The second kappa shape index (κ2) is 26.6. The van der Waals surface area contributed by atoms with Gasteiger partial charge in [0, 0.05) is 114 Å². The van der Waals surface area contributed by atoms with Gasteiger partial charge >= 0.3 is 11.8 Å². The minimum absolute atomic E-state index is 0.0182. The molecule has 0 radical (unpaired) electrons. The topological polar surface area (TPSA) is 289 Å². The zero-order valence-electron chi connectivity index (χ0n) is 53.9. The van der Waals surface area contributed by atoms with Gasteiger partial charge in [-0.15, -0.1) is 0 Å². The molecule has 3 aliphatic heterocycles. The van der Waals surface area contributed by atoms with E-state index in [1.165, 1.54) is 114 Å². The van der Waals surface area contributed by atoms with E-state index >= 15 is 9.18 Å². The van der Waals surface area contributed by atoms with E-state index in [-0.39, 0.29) is 87.1 Å². The van der Waals surface area contributed by atoms with E-state index in [2.05, 4.69) is 16.0 Å². The van der Waals surface area contributed by atoms with E-state index in [4.69, 9.17) is 31.1 Å². The second-order valence-corrected chi connectivity index (χ2v) is 23.6. The van der Waals surface area contributed by atoms with Crippen LogP contribution in [0.15, 0.2) is 135 Å². The van der Waals surface area contributed by atoms with Crippen molar-refractivity contribution in [3.8, 4) is 11.5 Å². The third-order valence-corrected chi connectivity index (χ3v) is 17.4. The van der Waals surface area contributed by atoms with Crippen molar-refractivity contribution < 1.29 is 74.5 Å². The van der Waals surface area contributed by atoms with Crippen LogP contribution in [0.3, 0.4) is 0 Å². The normalized spacial score (nSPS) is 24.3. The summed E-state index contributed by atoms with van der Waals surface area (Å²) in [6.45, 7) is 13.0. The van der Waals surface area contributed by atoms with E-state index in [1.54, 1.807) is 52.0 Å². The van der Waals surface area contributed by atoms with Crippen LogP contribution < -0.4 is 46.6 Å². The lowest BCUT2D eigenvalue weighted by molar-refractivity contribution is -0.160. The molecule has 5 bridgehead atoms. The number of esters is 1. The van der Waals surface area contributed by atoms with Gasteiger partial charge < -0.3 is 69.5 Å². The number of hydrogen-bond acceptors (Lipinski definition) is 18. The molecule has 0 unspecified atom stereocenters. The molecule has 92 heavy (non-hydrogen) atoms. The maximum atomic E-state index is 15.2. The van der Waals surface area contributed by atoms with Gasteiger partial charge in [-0.25, -0.2) is 13.8 Å². The van der Waals surface area contributed by atoms with Crippen molar-refractivity contribution in [1.82, 2.24) is 10.3 Å². The quantitative estimate of drug-likeness (QED) is 0.0386. The smallest absolute Gasteiger partial charge is 0.307 e. The molecular weight excluding hydrogens is 1190 g/mol. The van der Waals surface area contributed by atoms with E-state index in [0.29, 0.717) is 11.4 Å². The van der Waals surface area contributed by atoms with Gasteiger partial charge in [0.15, 0.2) is 22.4 Å². The number of methoxy groups -OCH3 is 1. The Morgan fingerprint density at radius 3 is 2.26 bits per heavy atom. The van der Waals surface area contributed by atoms with Gasteiger partial charge in [0.1, 0.15) is 46.5 Å². The molecule has 0 spiro atoms. The fourth-order valence-electron chi connectivity index (χ4n) is 12.1. The number of aromatic hydroxyl groups is 1. The number of nitrogens with zero attached hydrogens (tertiary/aromatic N) is 3. The summed E-state index contributed by atoms with van der Waals surface area (Å²) in [6.07, 6.45) is 0.459. The first-order chi connectivity index (χ1) is 44.6. The second-order valence-electron chi connectivity index (χ2n) is 23.6. The Labute approximate surface area is 530 Å². The molecule has 1 fully saturated rings. The number of fused-ring (bicyclic) bond motifs is 5. The van der Waals surface area contributed by atoms with Crippen LogP contribution in [-0.2, 0) is 35.0 Å². The monoisotopic (exact) mass is 1260 g/mol. The molecule has 10 rings (SSSR count). The van der Waals surface area contributed by atoms with Gasteiger partial charge in [-0.05, 0) is 55.8 Å². The predicted molar refractivity (Wildman–Crippen MR) is 342 cm³/mol. The van der Waals surface area contributed by atoms with Crippen molar-refractivity contribution in [3.05, 3.63) is 175 Å². The Kier molecular flexibility index (Phi) is 18.1. The molecule has 23 heteroatoms. The molecule has 0 aliphatic carbocycles. The number of aliphatic hydroxyl groups is 3. The summed E-state index contributed by atoms with van der Waals surface area (Å²) in [5.41, 5.74) is -3.02. The Morgan fingerprint density at radius 1 is 0.870 bits per heavy atom. The van der Waals surface area contributed by atoms with Gasteiger partial charge in [0.05, 0.1) is 52.1 Å². The number of piperazine rings is 1. The van der Waals surface area contributed by atoms with Gasteiger partial charge in [-0.1, -0.05) is 88.4 Å². The average Bonchev–Trinajstić information content (AvgIpc) is 1.38. The Morgan fingerprint density at radius 2 is 1.57 bits per heavy atom. The lowest BCUT2D eigenvalue weighted by atomic mass is 9.78. The molecule has 1 saturated heterocycles. The molecular formula is C69H72F2N6O15. The van der Waals surface area contributed by atoms with Crippen molar-refractivity contribution >= 4 is 85.2 Å². The minimum Gasteiger partial charge on any atom is -0.507 e. The van der Waals surface area contributed by atoms with Gasteiger partial charge in [0.2, 0.25) is 16.8 Å². The number of carbonyl (C=O) groups is 4. The molecule has 10 atom stereocenters. The highest BCUT2D eigenvalue weighted by Crippen LogP contribution is 2.43. The van der Waals surface area contributed by atoms with E-state index in [0.717, 1.165) is 12.1 Å². The van der Waals surface area contributed by atoms with Crippen molar-refractivity contribution in [2.75, 3.05) is 53.7 Å². The number of halogens is 2. The zero-order chi connectivity index (χ0) is 68.0. The molecule has 7 N–H and O–H groups in total. The number of aromatic nitrogens is 1. The molecule has 482 valence electrons.